The third kappa shape index (κ3) is 4.12. The van der Waals surface area contributed by atoms with Gasteiger partial charge in [-0.1, -0.05) is 6.92 Å². The number of nitrogens with one attached hydrogen (secondary N) is 1. The fraction of sp³-hybridized carbons (Fsp3) is 0.643. The highest BCUT2D eigenvalue weighted by atomic mass is 127. The number of halogens is 1. The van der Waals surface area contributed by atoms with E-state index in [9.17, 15) is 0 Å². The smallest absolute Gasteiger partial charge is 0.193 e. The molecule has 1 aliphatic rings. The number of rotatable bonds is 4. The molecule has 0 radical (unpaired) electrons. The molecule has 0 bridgehead atoms. The Kier molecular flexibility index (Phi) is 6.32. The van der Waals surface area contributed by atoms with Crippen LogP contribution in [0, 0.1) is 5.41 Å². The number of aliphatic imine (C=N–C) groups is 1. The largest absolute Gasteiger partial charge is 0.380 e. The Morgan fingerprint density at radius 3 is 2.70 bits per heavy atom. The summed E-state index contributed by atoms with van der Waals surface area (Å²) in [5.74, 6) is 0.925. The lowest BCUT2D eigenvalue weighted by Crippen LogP contribution is -2.51. The minimum atomic E-state index is 0. The molecule has 1 N–H and O–H groups in total. The van der Waals surface area contributed by atoms with Gasteiger partial charge in [0.15, 0.2) is 5.96 Å². The molecule has 1 aliphatic heterocycles. The molecule has 6 heteroatoms. The van der Waals surface area contributed by atoms with Crippen LogP contribution in [0.5, 0.6) is 0 Å². The fourth-order valence-electron chi connectivity index (χ4n) is 2.21. The Labute approximate surface area is 138 Å². The first-order valence-corrected chi connectivity index (χ1v) is 6.64. The molecular formula is C14H25IN4O. The highest BCUT2D eigenvalue weighted by molar-refractivity contribution is 14.0. The van der Waals surface area contributed by atoms with E-state index in [1.807, 2.05) is 7.05 Å². The van der Waals surface area contributed by atoms with Crippen molar-refractivity contribution in [2.24, 2.45) is 17.5 Å². The van der Waals surface area contributed by atoms with Crippen molar-refractivity contribution in [2.45, 2.75) is 13.5 Å². The average Bonchev–Trinajstić information content (AvgIpc) is 2.73. The van der Waals surface area contributed by atoms with Gasteiger partial charge in [-0.3, -0.25) is 4.99 Å². The molecule has 0 aromatic carbocycles. The van der Waals surface area contributed by atoms with Gasteiger partial charge in [-0.25, -0.2) is 0 Å². The molecule has 5 nitrogen and oxygen atoms in total. The molecule has 1 aromatic rings. The monoisotopic (exact) mass is 392 g/mol. The summed E-state index contributed by atoms with van der Waals surface area (Å²) in [6, 6.07) is 4.19. The molecule has 2 heterocycles. The molecule has 1 fully saturated rings. The van der Waals surface area contributed by atoms with Gasteiger partial charge in [0.2, 0.25) is 0 Å². The van der Waals surface area contributed by atoms with Crippen molar-refractivity contribution in [3.05, 3.63) is 24.0 Å². The number of aromatic nitrogens is 1. The van der Waals surface area contributed by atoms with Gasteiger partial charge in [-0.15, -0.1) is 24.0 Å². The lowest BCUT2D eigenvalue weighted by atomic mass is 9.89. The summed E-state index contributed by atoms with van der Waals surface area (Å²) in [7, 11) is 5.94. The van der Waals surface area contributed by atoms with Crippen LogP contribution < -0.4 is 5.32 Å². The Morgan fingerprint density at radius 2 is 2.25 bits per heavy atom. The molecule has 20 heavy (non-hydrogen) atoms. The van der Waals surface area contributed by atoms with Crippen LogP contribution in [0.3, 0.4) is 0 Å². The minimum Gasteiger partial charge on any atom is -0.380 e. The second kappa shape index (κ2) is 7.31. The van der Waals surface area contributed by atoms with Crippen LogP contribution in [-0.2, 0) is 18.3 Å². The van der Waals surface area contributed by atoms with Crippen molar-refractivity contribution in [3.63, 3.8) is 0 Å². The summed E-state index contributed by atoms with van der Waals surface area (Å²) < 4.78 is 7.40. The van der Waals surface area contributed by atoms with Gasteiger partial charge < -0.3 is 19.5 Å². The summed E-state index contributed by atoms with van der Waals surface area (Å²) in [5.41, 5.74) is 1.52. The van der Waals surface area contributed by atoms with E-state index in [4.69, 9.17) is 4.74 Å². The van der Waals surface area contributed by atoms with Gasteiger partial charge >= 0.3 is 0 Å². The van der Waals surface area contributed by atoms with Crippen LogP contribution in [-0.4, -0.2) is 49.3 Å². The van der Waals surface area contributed by atoms with Gasteiger partial charge in [-0.2, -0.15) is 0 Å². The van der Waals surface area contributed by atoms with E-state index < -0.39 is 0 Å². The van der Waals surface area contributed by atoms with Gasteiger partial charge in [0.05, 0.1) is 19.8 Å². The van der Waals surface area contributed by atoms with E-state index in [0.717, 1.165) is 32.3 Å². The van der Waals surface area contributed by atoms with Crippen molar-refractivity contribution < 1.29 is 4.74 Å². The highest BCUT2D eigenvalue weighted by Gasteiger charge is 2.33. The molecule has 0 unspecified atom stereocenters. The molecule has 0 atom stereocenters. The molecule has 114 valence electrons. The quantitative estimate of drug-likeness (QED) is 0.482. The van der Waals surface area contributed by atoms with E-state index in [1.165, 1.54) is 5.69 Å². The molecule has 1 aromatic heterocycles. The van der Waals surface area contributed by atoms with Gasteiger partial charge in [-0.05, 0) is 12.1 Å². The maximum atomic E-state index is 5.27. The third-order valence-electron chi connectivity index (χ3n) is 3.60. The van der Waals surface area contributed by atoms with Crippen LogP contribution >= 0.6 is 24.0 Å². The lowest BCUT2D eigenvalue weighted by molar-refractivity contribution is -0.0972. The number of ether oxygens (including phenoxy) is 1. The number of hydrogen-bond acceptors (Lipinski definition) is 2. The lowest BCUT2D eigenvalue weighted by Gasteiger charge is -2.39. The van der Waals surface area contributed by atoms with Crippen LogP contribution in [0.25, 0.3) is 0 Å². The highest BCUT2D eigenvalue weighted by Crippen LogP contribution is 2.25. The second-order valence-corrected chi connectivity index (χ2v) is 5.67. The van der Waals surface area contributed by atoms with E-state index in [2.05, 4.69) is 59.1 Å². The Morgan fingerprint density at radius 1 is 1.55 bits per heavy atom. The van der Waals surface area contributed by atoms with Crippen molar-refractivity contribution in [2.75, 3.05) is 33.9 Å². The first kappa shape index (κ1) is 17.3. The van der Waals surface area contributed by atoms with E-state index in [1.54, 1.807) is 0 Å². The van der Waals surface area contributed by atoms with E-state index in [0.29, 0.717) is 0 Å². The van der Waals surface area contributed by atoms with Crippen molar-refractivity contribution in [1.29, 1.82) is 0 Å². The van der Waals surface area contributed by atoms with Crippen molar-refractivity contribution in [3.8, 4) is 0 Å². The summed E-state index contributed by atoms with van der Waals surface area (Å²) >= 11 is 0. The predicted octanol–water partition coefficient (Wildman–Crippen LogP) is 1.69. The van der Waals surface area contributed by atoms with Crippen molar-refractivity contribution >= 4 is 29.9 Å². The zero-order chi connectivity index (χ0) is 13.9. The molecule has 0 aliphatic carbocycles. The van der Waals surface area contributed by atoms with Gasteiger partial charge in [0.1, 0.15) is 0 Å². The van der Waals surface area contributed by atoms with E-state index in [-0.39, 0.29) is 29.4 Å². The summed E-state index contributed by atoms with van der Waals surface area (Å²) in [5, 5.41) is 3.43. The maximum Gasteiger partial charge on any atom is 0.193 e. The maximum absolute atomic E-state index is 5.27. The summed E-state index contributed by atoms with van der Waals surface area (Å²) in [6.07, 6.45) is 2.06. The summed E-state index contributed by atoms with van der Waals surface area (Å²) in [6.45, 7) is 5.64. The van der Waals surface area contributed by atoms with Crippen LogP contribution in [0.1, 0.15) is 12.6 Å². The summed E-state index contributed by atoms with van der Waals surface area (Å²) in [4.78, 5) is 6.48. The number of hydrogen-bond donors (Lipinski definition) is 1. The molecule has 0 spiro atoms. The first-order chi connectivity index (χ1) is 9.04. The number of aryl methyl sites for hydroxylation is 1. The SMILES string of the molecule is CN=C(NCC1(C)COC1)N(C)Cc1cccn1C.I. The van der Waals surface area contributed by atoms with Gasteiger partial charge in [0, 0.05) is 45.0 Å². The average molecular weight is 392 g/mol. The first-order valence-electron chi connectivity index (χ1n) is 6.64. The Hall–Kier alpha value is -0.760. The molecule has 2 rings (SSSR count). The number of nitrogens with zero attached hydrogens (tertiary/aromatic N) is 3. The number of guanidine groups is 1. The zero-order valence-electron chi connectivity index (χ0n) is 12.7. The second-order valence-electron chi connectivity index (χ2n) is 5.67. The Balaban J connectivity index is 0.00000200. The zero-order valence-corrected chi connectivity index (χ0v) is 15.0. The third-order valence-corrected chi connectivity index (χ3v) is 3.60. The molecule has 1 saturated heterocycles. The van der Waals surface area contributed by atoms with Gasteiger partial charge in [0.25, 0.3) is 0 Å². The normalized spacial score (nSPS) is 17.1. The van der Waals surface area contributed by atoms with Crippen LogP contribution in [0.4, 0.5) is 0 Å². The fourth-order valence-corrected chi connectivity index (χ4v) is 2.21. The van der Waals surface area contributed by atoms with E-state index >= 15 is 0 Å². The Bertz CT molecular complexity index is 454. The minimum absolute atomic E-state index is 0. The predicted molar refractivity (Wildman–Crippen MR) is 92.6 cm³/mol. The topological polar surface area (TPSA) is 41.8 Å². The molecule has 0 saturated carbocycles. The van der Waals surface area contributed by atoms with Crippen molar-refractivity contribution in [1.82, 2.24) is 14.8 Å². The van der Waals surface area contributed by atoms with Crippen LogP contribution in [0.15, 0.2) is 23.3 Å². The van der Waals surface area contributed by atoms with Crippen LogP contribution in [0.2, 0.25) is 0 Å². The standard InChI is InChI=1S/C14H24N4O.HI/c1-14(10-19-11-14)9-16-13(15-2)18(4)8-12-6-5-7-17(12)3;/h5-7H,8-11H2,1-4H3,(H,15,16);1H. The molecule has 0 amide bonds. The molecular weight excluding hydrogens is 367 g/mol.